The molecule has 0 saturated heterocycles. The summed E-state index contributed by atoms with van der Waals surface area (Å²) in [5.41, 5.74) is 1.41. The summed E-state index contributed by atoms with van der Waals surface area (Å²) in [6.07, 6.45) is 3.36. The van der Waals surface area contributed by atoms with E-state index in [1.54, 1.807) is 48.8 Å². The summed E-state index contributed by atoms with van der Waals surface area (Å²) in [5, 5.41) is 2.74. The van der Waals surface area contributed by atoms with E-state index < -0.39 is 10.0 Å². The highest BCUT2D eigenvalue weighted by Crippen LogP contribution is 2.31. The molecule has 0 radical (unpaired) electrons. The molecule has 2 N–H and O–H groups in total. The number of rotatable bonds is 10. The van der Waals surface area contributed by atoms with Crippen LogP contribution in [0.4, 0.5) is 5.69 Å². The summed E-state index contributed by atoms with van der Waals surface area (Å²) in [6, 6.07) is 16.7. The fourth-order valence-electron chi connectivity index (χ4n) is 2.72. The minimum Gasteiger partial charge on any atom is -0.493 e. The second kappa shape index (κ2) is 10.6. The quantitative estimate of drug-likeness (QED) is 0.501. The van der Waals surface area contributed by atoms with E-state index in [0.29, 0.717) is 23.8 Å². The van der Waals surface area contributed by atoms with Gasteiger partial charge in [-0.05, 0) is 30.3 Å². The van der Waals surface area contributed by atoms with Crippen LogP contribution in [0.15, 0.2) is 78.0 Å². The number of sulfonamides is 1. The molecule has 3 aromatic rings. The first-order chi connectivity index (χ1) is 15.0. The average Bonchev–Trinajstić information content (AvgIpc) is 2.79. The van der Waals surface area contributed by atoms with Crippen LogP contribution < -0.4 is 19.5 Å². The number of aromatic nitrogens is 1. The Bertz CT molecular complexity index is 1110. The molecule has 162 valence electrons. The molecule has 0 aliphatic rings. The molecule has 0 bridgehead atoms. The number of anilines is 1. The van der Waals surface area contributed by atoms with Crippen molar-refractivity contribution in [2.75, 3.05) is 19.0 Å². The van der Waals surface area contributed by atoms with Crippen LogP contribution in [0, 0.1) is 0 Å². The molecule has 31 heavy (non-hydrogen) atoms. The van der Waals surface area contributed by atoms with E-state index in [-0.39, 0.29) is 23.8 Å². The number of nitrogens with zero attached hydrogens (tertiary/aromatic N) is 1. The topological polar surface area (TPSA) is 107 Å². The first-order valence-electron chi connectivity index (χ1n) is 9.52. The molecule has 0 saturated carbocycles. The standard InChI is InChI=1S/C22H23N3O5S/c1-29-20-10-9-18(14-21(20)30-16-17-6-5-12-23-15-17)25-22(26)11-13-24-31(27,28)19-7-3-2-4-8-19/h2-10,12,14-15,24H,11,13,16H2,1H3,(H,25,26). The Morgan fingerprint density at radius 1 is 1.03 bits per heavy atom. The maximum atomic E-state index is 12.3. The van der Waals surface area contributed by atoms with Gasteiger partial charge in [0.25, 0.3) is 0 Å². The maximum absolute atomic E-state index is 12.3. The number of hydrogen-bond acceptors (Lipinski definition) is 6. The Morgan fingerprint density at radius 3 is 2.55 bits per heavy atom. The third-order valence-electron chi connectivity index (χ3n) is 4.26. The van der Waals surface area contributed by atoms with Crippen LogP contribution in [0.25, 0.3) is 0 Å². The summed E-state index contributed by atoms with van der Waals surface area (Å²) < 4.78 is 37.9. The van der Waals surface area contributed by atoms with Gasteiger partial charge in [-0.15, -0.1) is 0 Å². The number of nitrogens with one attached hydrogen (secondary N) is 2. The fraction of sp³-hybridized carbons (Fsp3) is 0.182. The highest BCUT2D eigenvalue weighted by atomic mass is 32.2. The van der Waals surface area contributed by atoms with Crippen molar-refractivity contribution in [3.8, 4) is 11.5 Å². The van der Waals surface area contributed by atoms with Gasteiger partial charge in [-0.3, -0.25) is 9.78 Å². The monoisotopic (exact) mass is 441 g/mol. The van der Waals surface area contributed by atoms with Crippen molar-refractivity contribution < 1.29 is 22.7 Å². The van der Waals surface area contributed by atoms with Gasteiger partial charge in [-0.2, -0.15) is 0 Å². The molecule has 0 aliphatic heterocycles. The van der Waals surface area contributed by atoms with Crippen LogP contribution in [0.5, 0.6) is 11.5 Å². The lowest BCUT2D eigenvalue weighted by molar-refractivity contribution is -0.116. The Hall–Kier alpha value is -3.43. The zero-order chi connectivity index (χ0) is 22.1. The van der Waals surface area contributed by atoms with Gasteiger partial charge in [0.2, 0.25) is 15.9 Å². The van der Waals surface area contributed by atoms with Crippen LogP contribution in [0.1, 0.15) is 12.0 Å². The molecule has 9 heteroatoms. The van der Waals surface area contributed by atoms with Crippen molar-refractivity contribution >= 4 is 21.6 Å². The fourth-order valence-corrected chi connectivity index (χ4v) is 3.77. The van der Waals surface area contributed by atoms with E-state index in [1.165, 1.54) is 19.2 Å². The Labute approximate surface area is 181 Å². The van der Waals surface area contributed by atoms with E-state index in [9.17, 15) is 13.2 Å². The summed E-state index contributed by atoms with van der Waals surface area (Å²) in [4.78, 5) is 16.5. The van der Waals surface area contributed by atoms with E-state index in [2.05, 4.69) is 15.0 Å². The second-order valence-electron chi connectivity index (χ2n) is 6.52. The van der Waals surface area contributed by atoms with Crippen molar-refractivity contribution in [1.29, 1.82) is 0 Å². The van der Waals surface area contributed by atoms with Crippen molar-refractivity contribution in [2.24, 2.45) is 0 Å². The van der Waals surface area contributed by atoms with Gasteiger partial charge in [0.05, 0.1) is 12.0 Å². The summed E-state index contributed by atoms with van der Waals surface area (Å²) in [5.74, 6) is 0.658. The van der Waals surface area contributed by atoms with E-state index in [4.69, 9.17) is 9.47 Å². The Kier molecular flexibility index (Phi) is 7.58. The van der Waals surface area contributed by atoms with Crippen LogP contribution in [0.3, 0.4) is 0 Å². The van der Waals surface area contributed by atoms with Crippen molar-refractivity contribution in [3.63, 3.8) is 0 Å². The number of hydrogen-bond donors (Lipinski definition) is 2. The highest BCUT2D eigenvalue weighted by Gasteiger charge is 2.14. The van der Waals surface area contributed by atoms with Gasteiger partial charge in [0.15, 0.2) is 11.5 Å². The molecule has 8 nitrogen and oxygen atoms in total. The molecule has 0 unspecified atom stereocenters. The van der Waals surface area contributed by atoms with Gasteiger partial charge in [0, 0.05) is 42.7 Å². The van der Waals surface area contributed by atoms with Gasteiger partial charge in [-0.25, -0.2) is 13.1 Å². The molecular formula is C22H23N3O5S. The zero-order valence-electron chi connectivity index (χ0n) is 16.9. The molecule has 0 aliphatic carbocycles. The zero-order valence-corrected chi connectivity index (χ0v) is 17.8. The van der Waals surface area contributed by atoms with Crippen LogP contribution in [-0.4, -0.2) is 33.0 Å². The largest absolute Gasteiger partial charge is 0.493 e. The lowest BCUT2D eigenvalue weighted by Crippen LogP contribution is -2.27. The van der Waals surface area contributed by atoms with Crippen LogP contribution in [-0.2, 0) is 21.4 Å². The van der Waals surface area contributed by atoms with Gasteiger partial charge < -0.3 is 14.8 Å². The molecule has 1 heterocycles. The number of amides is 1. The molecule has 0 spiro atoms. The third-order valence-corrected chi connectivity index (χ3v) is 5.74. The predicted octanol–water partition coefficient (Wildman–Crippen LogP) is 2.98. The van der Waals surface area contributed by atoms with Gasteiger partial charge in [-0.1, -0.05) is 24.3 Å². The first kappa shape index (κ1) is 22.3. The number of carbonyl (C=O) groups excluding carboxylic acids is 1. The normalized spacial score (nSPS) is 11.0. The molecule has 1 aromatic heterocycles. The van der Waals surface area contributed by atoms with E-state index in [1.807, 2.05) is 12.1 Å². The van der Waals surface area contributed by atoms with Crippen LogP contribution in [0.2, 0.25) is 0 Å². The summed E-state index contributed by atoms with van der Waals surface area (Å²) in [6.45, 7) is 0.270. The number of carbonyl (C=O) groups is 1. The SMILES string of the molecule is COc1ccc(NC(=O)CCNS(=O)(=O)c2ccccc2)cc1OCc1cccnc1. The average molecular weight is 442 g/mol. The lowest BCUT2D eigenvalue weighted by Gasteiger charge is -2.13. The maximum Gasteiger partial charge on any atom is 0.240 e. The van der Waals surface area contributed by atoms with Crippen molar-refractivity contribution in [3.05, 3.63) is 78.6 Å². The number of methoxy groups -OCH3 is 1. The molecule has 3 rings (SSSR count). The summed E-state index contributed by atoms with van der Waals surface area (Å²) in [7, 11) is -2.12. The van der Waals surface area contributed by atoms with Crippen molar-refractivity contribution in [1.82, 2.24) is 9.71 Å². The highest BCUT2D eigenvalue weighted by molar-refractivity contribution is 7.89. The van der Waals surface area contributed by atoms with Crippen LogP contribution >= 0.6 is 0 Å². The first-order valence-corrected chi connectivity index (χ1v) is 11.0. The van der Waals surface area contributed by atoms with E-state index in [0.717, 1.165) is 5.56 Å². The van der Waals surface area contributed by atoms with Gasteiger partial charge in [0.1, 0.15) is 6.61 Å². The molecular weight excluding hydrogens is 418 g/mol. The second-order valence-corrected chi connectivity index (χ2v) is 8.29. The number of pyridine rings is 1. The number of ether oxygens (including phenoxy) is 2. The number of benzene rings is 2. The molecule has 2 aromatic carbocycles. The molecule has 1 amide bonds. The van der Waals surface area contributed by atoms with E-state index >= 15 is 0 Å². The molecule has 0 atom stereocenters. The predicted molar refractivity (Wildman–Crippen MR) is 116 cm³/mol. The third kappa shape index (κ3) is 6.53. The minimum absolute atomic E-state index is 0.0238. The lowest BCUT2D eigenvalue weighted by atomic mass is 10.2. The Balaban J connectivity index is 1.55. The Morgan fingerprint density at radius 2 is 1.84 bits per heavy atom. The van der Waals surface area contributed by atoms with Crippen molar-refractivity contribution in [2.45, 2.75) is 17.9 Å². The summed E-state index contributed by atoms with van der Waals surface area (Å²) >= 11 is 0. The molecule has 0 fully saturated rings. The van der Waals surface area contributed by atoms with Gasteiger partial charge >= 0.3 is 0 Å². The minimum atomic E-state index is -3.65. The smallest absolute Gasteiger partial charge is 0.240 e.